The first-order valence-corrected chi connectivity index (χ1v) is 8.92. The van der Waals surface area contributed by atoms with E-state index in [1.807, 2.05) is 60.7 Å². The lowest BCUT2D eigenvalue weighted by Gasteiger charge is -2.38. The summed E-state index contributed by atoms with van der Waals surface area (Å²) in [6.07, 6.45) is 0. The molecule has 0 aromatic heterocycles. The maximum atomic E-state index is 13.1. The number of phenolic OH excluding ortho intramolecular Hbond substituents is 1. The van der Waals surface area contributed by atoms with Crippen LogP contribution in [0.5, 0.6) is 5.75 Å². The minimum atomic E-state index is -1.47. The standard InChI is InChI=1S/C23H23NO4/c1-27-22(26)23(28-2,18-13-7-4-8-14-18)21(17-11-5-3-6-12-17)24-19-15-9-10-16-20(19)25/h3-16,21,24-25H,1-2H3/t21-,23-/m0/s1. The van der Waals surface area contributed by atoms with Gasteiger partial charge in [0, 0.05) is 7.11 Å². The Morgan fingerprint density at radius 1 is 0.893 bits per heavy atom. The molecule has 5 heteroatoms. The number of methoxy groups -OCH3 is 2. The molecule has 0 aliphatic carbocycles. The second kappa shape index (κ2) is 8.59. The molecule has 0 aliphatic heterocycles. The molecule has 3 rings (SSSR count). The summed E-state index contributed by atoms with van der Waals surface area (Å²) in [6.45, 7) is 0. The third-order valence-electron chi connectivity index (χ3n) is 4.76. The number of aromatic hydroxyl groups is 1. The largest absolute Gasteiger partial charge is 0.506 e. The topological polar surface area (TPSA) is 67.8 Å². The Morgan fingerprint density at radius 2 is 1.46 bits per heavy atom. The van der Waals surface area contributed by atoms with Gasteiger partial charge in [0.1, 0.15) is 5.75 Å². The number of hydrogen-bond acceptors (Lipinski definition) is 5. The van der Waals surface area contributed by atoms with Gasteiger partial charge in [-0.1, -0.05) is 72.8 Å². The smallest absolute Gasteiger partial charge is 0.345 e. The highest BCUT2D eigenvalue weighted by molar-refractivity contribution is 5.84. The molecule has 5 nitrogen and oxygen atoms in total. The Hall–Kier alpha value is -3.31. The zero-order valence-electron chi connectivity index (χ0n) is 15.8. The summed E-state index contributed by atoms with van der Waals surface area (Å²) in [7, 11) is 2.81. The second-order valence-electron chi connectivity index (χ2n) is 6.30. The van der Waals surface area contributed by atoms with Crippen LogP contribution < -0.4 is 5.32 Å². The first-order chi connectivity index (χ1) is 13.6. The van der Waals surface area contributed by atoms with Gasteiger partial charge in [0.05, 0.1) is 18.8 Å². The van der Waals surface area contributed by atoms with Crippen LogP contribution in [0.4, 0.5) is 5.69 Å². The highest BCUT2D eigenvalue weighted by Gasteiger charge is 2.50. The van der Waals surface area contributed by atoms with Crippen LogP contribution in [0, 0.1) is 0 Å². The molecule has 0 fully saturated rings. The van der Waals surface area contributed by atoms with Crippen molar-refractivity contribution in [3.63, 3.8) is 0 Å². The number of benzene rings is 3. The quantitative estimate of drug-likeness (QED) is 0.476. The molecule has 3 aromatic carbocycles. The first kappa shape index (κ1) is 19.5. The van der Waals surface area contributed by atoms with Gasteiger partial charge in [-0.15, -0.1) is 0 Å². The number of hydrogen-bond donors (Lipinski definition) is 2. The number of anilines is 1. The van der Waals surface area contributed by atoms with Gasteiger partial charge >= 0.3 is 5.97 Å². The van der Waals surface area contributed by atoms with Crippen molar-refractivity contribution >= 4 is 11.7 Å². The summed E-state index contributed by atoms with van der Waals surface area (Å²) in [5.41, 5.74) is 0.459. The van der Waals surface area contributed by atoms with Gasteiger partial charge in [0.15, 0.2) is 0 Å². The summed E-state index contributed by atoms with van der Waals surface area (Å²) >= 11 is 0. The van der Waals surface area contributed by atoms with Crippen molar-refractivity contribution in [1.29, 1.82) is 0 Å². The predicted molar refractivity (Wildman–Crippen MR) is 108 cm³/mol. The van der Waals surface area contributed by atoms with Crippen molar-refractivity contribution in [3.05, 3.63) is 96.1 Å². The number of carbonyl (C=O) groups is 1. The SMILES string of the molecule is COC(=O)[C@](OC)(c1ccccc1)[C@@H](Nc1ccccc1O)c1ccccc1. The van der Waals surface area contributed by atoms with Gasteiger partial charge < -0.3 is 19.9 Å². The van der Waals surface area contributed by atoms with E-state index in [2.05, 4.69) is 5.32 Å². The Kier molecular flexibility index (Phi) is 5.96. The molecule has 144 valence electrons. The summed E-state index contributed by atoms with van der Waals surface area (Å²) in [5, 5.41) is 13.6. The first-order valence-electron chi connectivity index (χ1n) is 8.92. The molecular weight excluding hydrogens is 354 g/mol. The van der Waals surface area contributed by atoms with Crippen LogP contribution in [0.1, 0.15) is 17.2 Å². The zero-order valence-corrected chi connectivity index (χ0v) is 15.8. The minimum absolute atomic E-state index is 0.0753. The lowest BCUT2D eigenvalue weighted by Crippen LogP contribution is -2.47. The zero-order chi connectivity index (χ0) is 20.0. The fraction of sp³-hybridized carbons (Fsp3) is 0.174. The average Bonchev–Trinajstić information content (AvgIpc) is 2.76. The number of rotatable bonds is 7. The highest BCUT2D eigenvalue weighted by Crippen LogP contribution is 2.42. The average molecular weight is 377 g/mol. The van der Waals surface area contributed by atoms with Crippen LogP contribution >= 0.6 is 0 Å². The van der Waals surface area contributed by atoms with E-state index in [1.54, 1.807) is 24.3 Å². The van der Waals surface area contributed by atoms with E-state index in [9.17, 15) is 9.90 Å². The molecule has 0 bridgehead atoms. The van der Waals surface area contributed by atoms with E-state index in [-0.39, 0.29) is 5.75 Å². The molecule has 0 saturated carbocycles. The van der Waals surface area contributed by atoms with Gasteiger partial charge in [0.2, 0.25) is 5.60 Å². The van der Waals surface area contributed by atoms with Gasteiger partial charge in [0.25, 0.3) is 0 Å². The van der Waals surface area contributed by atoms with Crippen LogP contribution in [0.2, 0.25) is 0 Å². The summed E-state index contributed by atoms with van der Waals surface area (Å²) in [4.78, 5) is 13.1. The van der Waals surface area contributed by atoms with Gasteiger partial charge in [-0.25, -0.2) is 4.79 Å². The summed E-state index contributed by atoms with van der Waals surface area (Å²) in [5.74, 6) is -0.468. The van der Waals surface area contributed by atoms with Gasteiger partial charge in [-0.05, 0) is 23.3 Å². The number of para-hydroxylation sites is 2. The highest BCUT2D eigenvalue weighted by atomic mass is 16.6. The molecule has 0 spiro atoms. The van der Waals surface area contributed by atoms with Crippen molar-refractivity contribution in [3.8, 4) is 5.75 Å². The molecule has 0 amide bonds. The minimum Gasteiger partial charge on any atom is -0.506 e. The third-order valence-corrected chi connectivity index (χ3v) is 4.76. The van der Waals surface area contributed by atoms with Crippen LogP contribution in [0.15, 0.2) is 84.9 Å². The molecule has 0 unspecified atom stereocenters. The van der Waals surface area contributed by atoms with Crippen molar-refractivity contribution < 1.29 is 19.4 Å². The molecule has 0 heterocycles. The van der Waals surface area contributed by atoms with Crippen LogP contribution in [-0.4, -0.2) is 25.3 Å². The molecule has 0 radical (unpaired) electrons. The molecular formula is C23H23NO4. The molecule has 0 saturated heterocycles. The van der Waals surface area contributed by atoms with E-state index in [4.69, 9.17) is 9.47 Å². The molecule has 3 aromatic rings. The van der Waals surface area contributed by atoms with E-state index >= 15 is 0 Å². The Labute approximate surface area is 164 Å². The number of ether oxygens (including phenoxy) is 2. The normalized spacial score (nSPS) is 13.9. The van der Waals surface area contributed by atoms with Gasteiger partial charge in [-0.2, -0.15) is 0 Å². The van der Waals surface area contributed by atoms with Crippen molar-refractivity contribution in [2.24, 2.45) is 0 Å². The third kappa shape index (κ3) is 3.57. The maximum absolute atomic E-state index is 13.1. The molecule has 2 atom stereocenters. The fourth-order valence-electron chi connectivity index (χ4n) is 3.38. The van der Waals surface area contributed by atoms with E-state index < -0.39 is 17.6 Å². The number of nitrogens with one attached hydrogen (secondary N) is 1. The predicted octanol–water partition coefficient (Wildman–Crippen LogP) is 4.26. The molecule has 28 heavy (non-hydrogen) atoms. The van der Waals surface area contributed by atoms with Crippen molar-refractivity contribution in [2.45, 2.75) is 11.6 Å². The Balaban J connectivity index is 2.22. The van der Waals surface area contributed by atoms with Gasteiger partial charge in [-0.3, -0.25) is 0 Å². The van der Waals surface area contributed by atoms with Crippen LogP contribution in [-0.2, 0) is 19.9 Å². The Morgan fingerprint density at radius 3 is 2.04 bits per heavy atom. The Bertz CT molecular complexity index is 914. The fourth-order valence-corrected chi connectivity index (χ4v) is 3.38. The van der Waals surface area contributed by atoms with Crippen LogP contribution in [0.25, 0.3) is 0 Å². The van der Waals surface area contributed by atoms with E-state index in [0.29, 0.717) is 11.3 Å². The van der Waals surface area contributed by atoms with E-state index in [1.165, 1.54) is 14.2 Å². The summed E-state index contributed by atoms with van der Waals surface area (Å²) < 4.78 is 11.1. The van der Waals surface area contributed by atoms with Crippen molar-refractivity contribution in [1.82, 2.24) is 0 Å². The monoisotopic (exact) mass is 377 g/mol. The lowest BCUT2D eigenvalue weighted by molar-refractivity contribution is -0.170. The summed E-state index contributed by atoms with van der Waals surface area (Å²) in [6, 6.07) is 24.9. The second-order valence-corrected chi connectivity index (χ2v) is 6.30. The van der Waals surface area contributed by atoms with Crippen LogP contribution in [0.3, 0.4) is 0 Å². The number of esters is 1. The van der Waals surface area contributed by atoms with Crippen molar-refractivity contribution in [2.75, 3.05) is 19.5 Å². The number of carbonyl (C=O) groups excluding carboxylic acids is 1. The maximum Gasteiger partial charge on any atom is 0.345 e. The van der Waals surface area contributed by atoms with E-state index in [0.717, 1.165) is 5.56 Å². The lowest BCUT2D eigenvalue weighted by atomic mass is 9.81. The molecule has 2 N–H and O–H groups in total. The molecule has 0 aliphatic rings. The number of phenols is 1.